The number of ether oxygens (including phenoxy) is 1. The van der Waals surface area contributed by atoms with E-state index >= 15 is 0 Å². The molecule has 0 radical (unpaired) electrons. The Morgan fingerprint density at radius 3 is 2.35 bits per heavy atom. The number of amides is 1. The SMILES string of the molecule is CC(C)Oc1ccc(NC(=O)C2(c3ccc(Cl)cc3Cl)CCCCC2)c2ccccc12. The smallest absolute Gasteiger partial charge is 0.235 e. The minimum absolute atomic E-state index is 0.0147. The summed E-state index contributed by atoms with van der Waals surface area (Å²) in [5.74, 6) is 0.802. The van der Waals surface area contributed by atoms with E-state index in [9.17, 15) is 4.79 Å². The maximum Gasteiger partial charge on any atom is 0.235 e. The molecule has 0 bridgehead atoms. The van der Waals surface area contributed by atoms with E-state index in [0.29, 0.717) is 10.0 Å². The zero-order chi connectivity index (χ0) is 22.0. The van der Waals surface area contributed by atoms with Crippen LogP contribution in [-0.2, 0) is 10.2 Å². The number of anilines is 1. The molecule has 1 aliphatic rings. The number of nitrogens with one attached hydrogen (secondary N) is 1. The topological polar surface area (TPSA) is 38.3 Å². The summed E-state index contributed by atoms with van der Waals surface area (Å²) in [6.07, 6.45) is 4.73. The highest BCUT2D eigenvalue weighted by Crippen LogP contribution is 2.44. The summed E-state index contributed by atoms with van der Waals surface area (Å²) in [5, 5.41) is 6.30. The quantitative estimate of drug-likeness (QED) is 0.426. The molecule has 3 aromatic rings. The lowest BCUT2D eigenvalue weighted by Gasteiger charge is -2.37. The highest BCUT2D eigenvalue weighted by atomic mass is 35.5. The molecule has 3 aromatic carbocycles. The van der Waals surface area contributed by atoms with Crippen LogP contribution in [0.25, 0.3) is 10.8 Å². The summed E-state index contributed by atoms with van der Waals surface area (Å²) in [6.45, 7) is 4.01. The Morgan fingerprint density at radius 1 is 0.968 bits per heavy atom. The van der Waals surface area contributed by atoms with Gasteiger partial charge in [0.2, 0.25) is 5.91 Å². The van der Waals surface area contributed by atoms with Crippen LogP contribution in [0.15, 0.2) is 54.6 Å². The Balaban J connectivity index is 1.74. The molecule has 1 saturated carbocycles. The van der Waals surface area contributed by atoms with Gasteiger partial charge in [0.1, 0.15) is 5.75 Å². The summed E-state index contributed by atoms with van der Waals surface area (Å²) in [7, 11) is 0. The molecule has 0 aliphatic heterocycles. The fourth-order valence-electron chi connectivity index (χ4n) is 4.63. The van der Waals surface area contributed by atoms with Crippen molar-refractivity contribution in [1.29, 1.82) is 0 Å². The molecular weight excluding hydrogens is 429 g/mol. The molecule has 1 aliphatic carbocycles. The van der Waals surface area contributed by atoms with Gasteiger partial charge in [-0.25, -0.2) is 0 Å². The summed E-state index contributed by atoms with van der Waals surface area (Å²) in [6, 6.07) is 17.3. The monoisotopic (exact) mass is 455 g/mol. The van der Waals surface area contributed by atoms with Gasteiger partial charge in [0, 0.05) is 26.5 Å². The maximum absolute atomic E-state index is 13.8. The van der Waals surface area contributed by atoms with Crippen LogP contribution in [0, 0.1) is 0 Å². The molecule has 0 aromatic heterocycles. The Hall–Kier alpha value is -2.23. The molecular formula is C26H27Cl2NO2. The van der Waals surface area contributed by atoms with Gasteiger partial charge in [-0.1, -0.05) is 72.8 Å². The second kappa shape index (κ2) is 9.10. The van der Waals surface area contributed by atoms with Crippen LogP contribution in [0.2, 0.25) is 10.0 Å². The van der Waals surface area contributed by atoms with Crippen molar-refractivity contribution in [3.8, 4) is 5.75 Å². The van der Waals surface area contributed by atoms with E-state index < -0.39 is 5.41 Å². The number of benzene rings is 3. The van der Waals surface area contributed by atoms with E-state index in [4.69, 9.17) is 27.9 Å². The van der Waals surface area contributed by atoms with Crippen LogP contribution >= 0.6 is 23.2 Å². The number of hydrogen-bond acceptors (Lipinski definition) is 2. The fraction of sp³-hybridized carbons (Fsp3) is 0.346. The predicted molar refractivity (Wildman–Crippen MR) is 130 cm³/mol. The predicted octanol–water partition coefficient (Wildman–Crippen LogP) is 7.77. The first-order valence-corrected chi connectivity index (χ1v) is 11.6. The summed E-state index contributed by atoms with van der Waals surface area (Å²) < 4.78 is 5.98. The van der Waals surface area contributed by atoms with Crippen molar-refractivity contribution in [2.75, 3.05) is 5.32 Å². The highest BCUT2D eigenvalue weighted by Gasteiger charge is 2.42. The number of carbonyl (C=O) groups is 1. The normalized spacial score (nSPS) is 15.8. The zero-order valence-corrected chi connectivity index (χ0v) is 19.4. The minimum Gasteiger partial charge on any atom is -0.490 e. The van der Waals surface area contributed by atoms with Crippen molar-refractivity contribution in [3.63, 3.8) is 0 Å². The molecule has 1 fully saturated rings. The molecule has 0 heterocycles. The molecule has 162 valence electrons. The van der Waals surface area contributed by atoms with Crippen LogP contribution < -0.4 is 10.1 Å². The first kappa shape index (κ1) is 22.0. The lowest BCUT2D eigenvalue weighted by molar-refractivity contribution is -0.122. The van der Waals surface area contributed by atoms with Gasteiger partial charge in [0.25, 0.3) is 0 Å². The van der Waals surface area contributed by atoms with E-state index in [1.54, 1.807) is 6.07 Å². The Kier molecular flexibility index (Phi) is 6.45. The fourth-order valence-corrected chi connectivity index (χ4v) is 5.22. The van der Waals surface area contributed by atoms with Gasteiger partial charge in [-0.05, 0) is 56.5 Å². The first-order chi connectivity index (χ1) is 14.9. The van der Waals surface area contributed by atoms with Crippen LogP contribution in [0.1, 0.15) is 51.5 Å². The van der Waals surface area contributed by atoms with Gasteiger partial charge in [0.05, 0.1) is 11.5 Å². The summed E-state index contributed by atoms with van der Waals surface area (Å²) >= 11 is 12.7. The van der Waals surface area contributed by atoms with Crippen molar-refractivity contribution in [3.05, 3.63) is 70.2 Å². The molecule has 4 rings (SSSR count). The zero-order valence-electron chi connectivity index (χ0n) is 17.9. The molecule has 1 amide bonds. The molecule has 0 unspecified atom stereocenters. The number of fused-ring (bicyclic) bond motifs is 1. The van der Waals surface area contributed by atoms with Gasteiger partial charge in [0.15, 0.2) is 0 Å². The molecule has 0 atom stereocenters. The van der Waals surface area contributed by atoms with E-state index in [1.807, 2.05) is 62.4 Å². The molecule has 5 heteroatoms. The standard InChI is InChI=1S/C26H27Cl2NO2/c1-17(2)31-24-13-12-23(19-8-4-5-9-20(19)24)29-25(30)26(14-6-3-7-15-26)21-11-10-18(27)16-22(21)28/h4-5,8-13,16-17H,3,6-7,14-15H2,1-2H3,(H,29,30). The average molecular weight is 456 g/mol. The van der Waals surface area contributed by atoms with Crippen molar-refractivity contribution >= 4 is 45.6 Å². The largest absolute Gasteiger partial charge is 0.490 e. The Morgan fingerprint density at radius 2 is 1.68 bits per heavy atom. The van der Waals surface area contributed by atoms with E-state index in [2.05, 4.69) is 5.32 Å². The molecule has 31 heavy (non-hydrogen) atoms. The van der Waals surface area contributed by atoms with Crippen LogP contribution in [-0.4, -0.2) is 12.0 Å². The van der Waals surface area contributed by atoms with Crippen LogP contribution in [0.4, 0.5) is 5.69 Å². The number of hydrogen-bond donors (Lipinski definition) is 1. The number of halogens is 2. The van der Waals surface area contributed by atoms with Gasteiger partial charge in [-0.3, -0.25) is 4.79 Å². The first-order valence-electron chi connectivity index (χ1n) is 10.9. The lowest BCUT2D eigenvalue weighted by Crippen LogP contribution is -2.42. The van der Waals surface area contributed by atoms with Crippen LogP contribution in [0.5, 0.6) is 5.75 Å². The van der Waals surface area contributed by atoms with Crippen molar-refractivity contribution in [2.24, 2.45) is 0 Å². The average Bonchev–Trinajstić information content (AvgIpc) is 2.75. The van der Waals surface area contributed by atoms with E-state index in [-0.39, 0.29) is 12.0 Å². The lowest BCUT2D eigenvalue weighted by atomic mass is 9.68. The second-order valence-corrected chi connectivity index (χ2v) is 9.39. The van der Waals surface area contributed by atoms with Gasteiger partial charge < -0.3 is 10.1 Å². The third kappa shape index (κ3) is 4.40. The third-order valence-corrected chi connectivity index (χ3v) is 6.63. The van der Waals surface area contributed by atoms with Crippen molar-refractivity contribution in [2.45, 2.75) is 57.5 Å². The van der Waals surface area contributed by atoms with Crippen molar-refractivity contribution < 1.29 is 9.53 Å². The second-order valence-electron chi connectivity index (χ2n) is 8.54. The molecule has 3 nitrogen and oxygen atoms in total. The van der Waals surface area contributed by atoms with Gasteiger partial charge >= 0.3 is 0 Å². The third-order valence-electron chi connectivity index (χ3n) is 6.08. The van der Waals surface area contributed by atoms with Gasteiger partial charge in [-0.2, -0.15) is 0 Å². The molecule has 1 N–H and O–H groups in total. The van der Waals surface area contributed by atoms with E-state index in [0.717, 1.165) is 59.9 Å². The Labute approximate surface area is 193 Å². The summed E-state index contributed by atoms with van der Waals surface area (Å²) in [4.78, 5) is 13.8. The number of rotatable bonds is 5. The number of carbonyl (C=O) groups excluding carboxylic acids is 1. The minimum atomic E-state index is -0.659. The van der Waals surface area contributed by atoms with Gasteiger partial charge in [-0.15, -0.1) is 0 Å². The summed E-state index contributed by atoms with van der Waals surface area (Å²) in [5.41, 5.74) is 0.986. The van der Waals surface area contributed by atoms with Crippen molar-refractivity contribution in [1.82, 2.24) is 0 Å². The molecule has 0 saturated heterocycles. The van der Waals surface area contributed by atoms with E-state index in [1.165, 1.54) is 0 Å². The maximum atomic E-state index is 13.8. The van der Waals surface area contributed by atoms with Crippen LogP contribution in [0.3, 0.4) is 0 Å². The Bertz CT molecular complexity index is 1100. The molecule has 0 spiro atoms. The highest BCUT2D eigenvalue weighted by molar-refractivity contribution is 6.35.